The van der Waals surface area contributed by atoms with Crippen LogP contribution in [-0.2, 0) is 23.9 Å². The van der Waals surface area contributed by atoms with Crippen molar-refractivity contribution in [3.05, 3.63) is 0 Å². The summed E-state index contributed by atoms with van der Waals surface area (Å²) in [5, 5.41) is 1.56. The van der Waals surface area contributed by atoms with Gasteiger partial charge < -0.3 is 14.8 Å². The van der Waals surface area contributed by atoms with Crippen molar-refractivity contribution >= 4 is 17.8 Å². The average Bonchev–Trinajstić information content (AvgIpc) is 2.49. The molecule has 0 aromatic rings. The fraction of sp³-hybridized carbons (Fsp3) is 0.800. The van der Waals surface area contributed by atoms with Crippen LogP contribution in [-0.4, -0.2) is 42.3 Å². The van der Waals surface area contributed by atoms with E-state index in [0.29, 0.717) is 12.8 Å². The molecule has 0 aliphatic carbocycles. The molecule has 6 nitrogen and oxygen atoms in total. The number of rotatable bonds is 9. The van der Waals surface area contributed by atoms with Crippen molar-refractivity contribution in [2.24, 2.45) is 0 Å². The van der Waals surface area contributed by atoms with Gasteiger partial charge in [0.2, 0.25) is 0 Å². The summed E-state index contributed by atoms with van der Waals surface area (Å²) in [6.45, 7) is 6.76. The molecule has 24 heavy (non-hydrogen) atoms. The normalized spacial score (nSPS) is 15.1. The first-order chi connectivity index (χ1) is 11.0. The largest absolute Gasteiger partial charge is 0.471 e. The first kappa shape index (κ1) is 22.2. The van der Waals surface area contributed by atoms with E-state index < -0.39 is 36.2 Å². The fourth-order valence-corrected chi connectivity index (χ4v) is 1.48. The number of carbonyl (C=O) groups is 3. The second-order valence-electron chi connectivity index (χ2n) is 5.43. The van der Waals surface area contributed by atoms with Gasteiger partial charge in [-0.15, -0.1) is 0 Å². The molecule has 0 saturated heterocycles. The standard InChI is InChI=1S/C15H24F3NO5/c1-5-9(3)23-12(20)8-7-11(13(21)24-10(4)6-2)19-14(22)15(16,17)18/h9-11H,5-8H2,1-4H3,(H,19,22). The molecule has 140 valence electrons. The molecule has 3 unspecified atom stereocenters. The van der Waals surface area contributed by atoms with Crippen molar-refractivity contribution in [3.63, 3.8) is 0 Å². The van der Waals surface area contributed by atoms with Crippen LogP contribution in [0.5, 0.6) is 0 Å². The summed E-state index contributed by atoms with van der Waals surface area (Å²) < 4.78 is 47.0. The van der Waals surface area contributed by atoms with Crippen LogP contribution in [0.25, 0.3) is 0 Å². The second kappa shape index (κ2) is 10.1. The third kappa shape index (κ3) is 8.73. The summed E-state index contributed by atoms with van der Waals surface area (Å²) in [4.78, 5) is 34.5. The molecule has 0 bridgehead atoms. The molecule has 0 saturated carbocycles. The molecule has 9 heteroatoms. The van der Waals surface area contributed by atoms with Crippen molar-refractivity contribution in [3.8, 4) is 0 Å². The molecule has 3 atom stereocenters. The predicted molar refractivity (Wildman–Crippen MR) is 78.9 cm³/mol. The molecule has 0 radical (unpaired) electrons. The molecular weight excluding hydrogens is 331 g/mol. The minimum atomic E-state index is -5.13. The van der Waals surface area contributed by atoms with Gasteiger partial charge in [-0.3, -0.25) is 9.59 Å². The predicted octanol–water partition coefficient (Wildman–Crippen LogP) is 2.50. The fourth-order valence-electron chi connectivity index (χ4n) is 1.48. The van der Waals surface area contributed by atoms with Crippen molar-refractivity contribution in [2.75, 3.05) is 0 Å². The number of carbonyl (C=O) groups excluding carboxylic acids is 3. The monoisotopic (exact) mass is 355 g/mol. The Morgan fingerprint density at radius 1 is 1.00 bits per heavy atom. The highest BCUT2D eigenvalue weighted by Gasteiger charge is 2.41. The van der Waals surface area contributed by atoms with Gasteiger partial charge in [-0.25, -0.2) is 4.79 Å². The lowest BCUT2D eigenvalue weighted by molar-refractivity contribution is -0.176. The molecule has 1 amide bonds. The first-order valence-electron chi connectivity index (χ1n) is 7.78. The number of hydrogen-bond donors (Lipinski definition) is 1. The maximum absolute atomic E-state index is 12.4. The summed E-state index contributed by atoms with van der Waals surface area (Å²) in [6, 6.07) is -1.57. The van der Waals surface area contributed by atoms with Gasteiger partial charge in [-0.05, 0) is 33.1 Å². The Labute approximate surface area is 139 Å². The number of halogens is 3. The molecule has 1 N–H and O–H groups in total. The highest BCUT2D eigenvalue weighted by molar-refractivity contribution is 5.87. The molecule has 0 aromatic carbocycles. The number of amides is 1. The van der Waals surface area contributed by atoms with Crippen LogP contribution in [0, 0.1) is 0 Å². The van der Waals surface area contributed by atoms with Crippen molar-refractivity contribution in [2.45, 2.75) is 77.8 Å². The van der Waals surface area contributed by atoms with Gasteiger partial charge in [0.05, 0.1) is 12.2 Å². The van der Waals surface area contributed by atoms with Gasteiger partial charge in [0.1, 0.15) is 6.04 Å². The van der Waals surface area contributed by atoms with E-state index in [9.17, 15) is 27.6 Å². The molecule has 0 aliphatic rings. The smallest absolute Gasteiger partial charge is 0.463 e. The van der Waals surface area contributed by atoms with Crippen LogP contribution in [0.1, 0.15) is 53.4 Å². The van der Waals surface area contributed by atoms with E-state index in [2.05, 4.69) is 0 Å². The Morgan fingerprint density at radius 2 is 1.50 bits per heavy atom. The summed E-state index contributed by atoms with van der Waals surface area (Å²) in [7, 11) is 0. The quantitative estimate of drug-likeness (QED) is 0.643. The number of hydrogen-bond acceptors (Lipinski definition) is 5. The number of nitrogens with one attached hydrogen (secondary N) is 1. The lowest BCUT2D eigenvalue weighted by Gasteiger charge is -2.20. The zero-order valence-corrected chi connectivity index (χ0v) is 14.2. The third-order valence-electron chi connectivity index (χ3n) is 3.28. The lowest BCUT2D eigenvalue weighted by atomic mass is 10.1. The molecule has 0 heterocycles. The van der Waals surface area contributed by atoms with E-state index in [1.807, 2.05) is 0 Å². The van der Waals surface area contributed by atoms with Gasteiger partial charge in [0.15, 0.2) is 0 Å². The molecule has 0 aromatic heterocycles. The SMILES string of the molecule is CCC(C)OC(=O)CCC(NC(=O)C(F)(F)F)C(=O)OC(C)CC. The highest BCUT2D eigenvalue weighted by Crippen LogP contribution is 2.16. The van der Waals surface area contributed by atoms with Gasteiger partial charge >= 0.3 is 24.0 Å². The Morgan fingerprint density at radius 3 is 1.96 bits per heavy atom. The van der Waals surface area contributed by atoms with E-state index in [1.54, 1.807) is 33.0 Å². The topological polar surface area (TPSA) is 81.7 Å². The summed E-state index contributed by atoms with van der Waals surface area (Å²) in [5.74, 6) is -3.94. The zero-order chi connectivity index (χ0) is 18.9. The van der Waals surface area contributed by atoms with Gasteiger partial charge in [0, 0.05) is 6.42 Å². The minimum Gasteiger partial charge on any atom is -0.463 e. The zero-order valence-electron chi connectivity index (χ0n) is 14.2. The average molecular weight is 355 g/mol. The Hall–Kier alpha value is -1.80. The van der Waals surface area contributed by atoms with E-state index in [4.69, 9.17) is 9.47 Å². The summed E-state index contributed by atoms with van der Waals surface area (Å²) in [6.07, 6.45) is -5.61. The van der Waals surface area contributed by atoms with Gasteiger partial charge in [-0.1, -0.05) is 13.8 Å². The summed E-state index contributed by atoms with van der Waals surface area (Å²) in [5.41, 5.74) is 0. The van der Waals surface area contributed by atoms with Crippen molar-refractivity contribution < 1.29 is 37.0 Å². The Balaban J connectivity index is 4.83. The Bertz CT molecular complexity index is 439. The molecule has 0 spiro atoms. The number of alkyl halides is 3. The van der Waals surface area contributed by atoms with E-state index >= 15 is 0 Å². The first-order valence-corrected chi connectivity index (χ1v) is 7.78. The Kier molecular flexibility index (Phi) is 9.38. The molecule has 0 aliphatic heterocycles. The maximum Gasteiger partial charge on any atom is 0.471 e. The number of esters is 2. The van der Waals surface area contributed by atoms with Gasteiger partial charge in [0.25, 0.3) is 0 Å². The molecule has 0 fully saturated rings. The summed E-state index contributed by atoms with van der Waals surface area (Å²) >= 11 is 0. The number of ether oxygens (including phenoxy) is 2. The van der Waals surface area contributed by atoms with Crippen molar-refractivity contribution in [1.82, 2.24) is 5.32 Å². The minimum absolute atomic E-state index is 0.317. The maximum atomic E-state index is 12.4. The van der Waals surface area contributed by atoms with Crippen LogP contribution in [0.15, 0.2) is 0 Å². The van der Waals surface area contributed by atoms with Crippen molar-refractivity contribution in [1.29, 1.82) is 0 Å². The second-order valence-corrected chi connectivity index (χ2v) is 5.43. The highest BCUT2D eigenvalue weighted by atomic mass is 19.4. The lowest BCUT2D eigenvalue weighted by Crippen LogP contribution is -2.48. The van der Waals surface area contributed by atoms with Crippen LogP contribution in [0.2, 0.25) is 0 Å². The van der Waals surface area contributed by atoms with E-state index in [1.165, 1.54) is 0 Å². The molecule has 0 rings (SSSR count). The van der Waals surface area contributed by atoms with E-state index in [0.717, 1.165) is 0 Å². The van der Waals surface area contributed by atoms with Crippen LogP contribution >= 0.6 is 0 Å². The van der Waals surface area contributed by atoms with Crippen LogP contribution in [0.3, 0.4) is 0 Å². The van der Waals surface area contributed by atoms with Crippen LogP contribution in [0.4, 0.5) is 13.2 Å². The van der Waals surface area contributed by atoms with Gasteiger partial charge in [-0.2, -0.15) is 13.2 Å². The third-order valence-corrected chi connectivity index (χ3v) is 3.28. The molecular formula is C15H24F3NO5. The van der Waals surface area contributed by atoms with Crippen LogP contribution < -0.4 is 5.32 Å². The van der Waals surface area contributed by atoms with E-state index in [-0.39, 0.29) is 18.9 Å².